The van der Waals surface area contributed by atoms with Crippen LogP contribution in [-0.2, 0) is 6.54 Å². The van der Waals surface area contributed by atoms with Crippen molar-refractivity contribution in [3.8, 4) is 34.1 Å². The van der Waals surface area contributed by atoms with Gasteiger partial charge in [-0.1, -0.05) is 24.3 Å². The van der Waals surface area contributed by atoms with Crippen LogP contribution in [0, 0.1) is 10.1 Å². The lowest BCUT2D eigenvalue weighted by Gasteiger charge is -2.09. The molecule has 0 atom stereocenters. The molecule has 0 bridgehead atoms. The van der Waals surface area contributed by atoms with Crippen molar-refractivity contribution < 1.29 is 23.6 Å². The molecule has 0 aliphatic rings. The maximum absolute atomic E-state index is 12.1. The van der Waals surface area contributed by atoms with Crippen LogP contribution >= 0.6 is 0 Å². The number of furan rings is 1. The van der Waals surface area contributed by atoms with E-state index in [9.17, 15) is 14.9 Å². The summed E-state index contributed by atoms with van der Waals surface area (Å²) in [7, 11) is 3.21. The Labute approximate surface area is 188 Å². The lowest BCUT2D eigenvalue weighted by Crippen LogP contribution is -2.22. The molecular formula is C23H20N4O6. The first-order valence-electron chi connectivity index (χ1n) is 9.87. The fourth-order valence-corrected chi connectivity index (χ4v) is 3.23. The number of ether oxygens (including phenoxy) is 2. The van der Waals surface area contributed by atoms with Gasteiger partial charge in [0.2, 0.25) is 0 Å². The zero-order valence-corrected chi connectivity index (χ0v) is 17.8. The molecule has 10 nitrogen and oxygen atoms in total. The molecule has 4 aromatic rings. The lowest BCUT2D eigenvalue weighted by molar-refractivity contribution is -0.402. The number of hydrogen-bond donors (Lipinski definition) is 2. The number of carbonyl (C=O) groups is 1. The highest BCUT2D eigenvalue weighted by Gasteiger charge is 2.17. The van der Waals surface area contributed by atoms with Crippen LogP contribution in [0.1, 0.15) is 16.1 Å². The molecule has 0 aliphatic heterocycles. The normalized spacial score (nSPS) is 10.6. The first kappa shape index (κ1) is 21.6. The number of amides is 1. The minimum Gasteiger partial charge on any atom is -0.497 e. The number of carbonyl (C=O) groups excluding carboxylic acids is 1. The molecule has 2 N–H and O–H groups in total. The van der Waals surface area contributed by atoms with Crippen molar-refractivity contribution in [2.24, 2.45) is 0 Å². The van der Waals surface area contributed by atoms with Crippen molar-refractivity contribution in [1.29, 1.82) is 0 Å². The van der Waals surface area contributed by atoms with Gasteiger partial charge in [0.05, 0.1) is 32.2 Å². The minimum absolute atomic E-state index is 0.116. The van der Waals surface area contributed by atoms with Crippen molar-refractivity contribution in [2.45, 2.75) is 6.54 Å². The Bertz CT molecular complexity index is 1290. The van der Waals surface area contributed by atoms with Crippen LogP contribution in [0.15, 0.2) is 65.2 Å². The summed E-state index contributed by atoms with van der Waals surface area (Å²) in [6.45, 7) is 0.234. The molecule has 2 aromatic heterocycles. The second-order valence-electron chi connectivity index (χ2n) is 6.99. The van der Waals surface area contributed by atoms with E-state index in [2.05, 4.69) is 15.3 Å². The van der Waals surface area contributed by atoms with E-state index in [1.54, 1.807) is 20.4 Å². The summed E-state index contributed by atoms with van der Waals surface area (Å²) in [6, 6.07) is 15.4. The molecule has 2 aromatic carbocycles. The number of nitrogens with zero attached hydrogens (tertiary/aromatic N) is 2. The van der Waals surface area contributed by atoms with Crippen molar-refractivity contribution in [2.75, 3.05) is 14.2 Å². The van der Waals surface area contributed by atoms with Gasteiger partial charge in [0.25, 0.3) is 5.91 Å². The van der Waals surface area contributed by atoms with E-state index in [-0.39, 0.29) is 12.3 Å². The fourth-order valence-electron chi connectivity index (χ4n) is 3.23. The first-order chi connectivity index (χ1) is 16.0. The quantitative estimate of drug-likeness (QED) is 0.305. The van der Waals surface area contributed by atoms with E-state index < -0.39 is 16.7 Å². The van der Waals surface area contributed by atoms with Crippen LogP contribution in [0.2, 0.25) is 0 Å². The van der Waals surface area contributed by atoms with E-state index in [1.807, 2.05) is 42.5 Å². The Hall–Kier alpha value is -4.60. The Kier molecular flexibility index (Phi) is 6.07. The second kappa shape index (κ2) is 9.27. The van der Waals surface area contributed by atoms with Crippen LogP contribution in [0.25, 0.3) is 22.6 Å². The number of nitrogens with one attached hydrogen (secondary N) is 2. The first-order valence-corrected chi connectivity index (χ1v) is 9.87. The number of aromatic amines is 1. The van der Waals surface area contributed by atoms with Gasteiger partial charge in [0.1, 0.15) is 22.2 Å². The van der Waals surface area contributed by atoms with Crippen LogP contribution in [0.5, 0.6) is 11.5 Å². The SMILES string of the molecule is COc1ccc(OC)c(-c2cnc(-c3ccc(CNC(=O)c4ccc([N+](=O)[O-])o4)cc3)[nH]2)c1. The van der Waals surface area contributed by atoms with Gasteiger partial charge in [-0.2, -0.15) is 0 Å². The number of hydrogen-bond acceptors (Lipinski definition) is 7. The van der Waals surface area contributed by atoms with E-state index in [4.69, 9.17) is 13.9 Å². The number of methoxy groups -OCH3 is 2. The molecule has 0 saturated carbocycles. The van der Waals surface area contributed by atoms with Crippen LogP contribution in [0.4, 0.5) is 5.88 Å². The minimum atomic E-state index is -0.695. The molecule has 2 heterocycles. The monoisotopic (exact) mass is 448 g/mol. The number of rotatable bonds is 8. The highest BCUT2D eigenvalue weighted by atomic mass is 16.6. The lowest BCUT2D eigenvalue weighted by atomic mass is 10.1. The molecule has 168 valence electrons. The van der Waals surface area contributed by atoms with Crippen molar-refractivity contribution in [1.82, 2.24) is 15.3 Å². The van der Waals surface area contributed by atoms with Gasteiger partial charge in [0, 0.05) is 17.7 Å². The van der Waals surface area contributed by atoms with Gasteiger partial charge in [0.15, 0.2) is 5.76 Å². The molecule has 10 heteroatoms. The summed E-state index contributed by atoms with van der Waals surface area (Å²) in [6.07, 6.45) is 1.73. The number of nitro groups is 1. The summed E-state index contributed by atoms with van der Waals surface area (Å²) in [4.78, 5) is 29.8. The molecule has 4 rings (SSSR count). The number of benzene rings is 2. The highest BCUT2D eigenvalue weighted by molar-refractivity contribution is 5.91. The average molecular weight is 448 g/mol. The third-order valence-electron chi connectivity index (χ3n) is 4.95. The molecule has 0 unspecified atom stereocenters. The zero-order chi connectivity index (χ0) is 23.4. The van der Waals surface area contributed by atoms with Crippen LogP contribution in [0.3, 0.4) is 0 Å². The predicted octanol–water partition coefficient (Wildman–Crippen LogP) is 4.19. The average Bonchev–Trinajstić information content (AvgIpc) is 3.53. The van der Waals surface area contributed by atoms with E-state index in [1.165, 1.54) is 6.07 Å². The molecule has 0 aliphatic carbocycles. The standard InChI is InChI=1S/C23H20N4O6/c1-31-16-7-8-19(32-2)17(11-16)18-13-24-22(26-18)15-5-3-14(4-6-15)12-25-23(28)20-9-10-21(33-20)27(29)30/h3-11,13H,12H2,1-2H3,(H,24,26)(H,25,28). The highest BCUT2D eigenvalue weighted by Crippen LogP contribution is 2.33. The molecule has 33 heavy (non-hydrogen) atoms. The molecule has 0 fully saturated rings. The summed E-state index contributed by atoms with van der Waals surface area (Å²) in [5.74, 6) is 0.947. The molecule has 0 saturated heterocycles. The Balaban J connectivity index is 1.44. The third-order valence-corrected chi connectivity index (χ3v) is 4.95. The number of aromatic nitrogens is 2. The second-order valence-corrected chi connectivity index (χ2v) is 6.99. The topological polar surface area (TPSA) is 133 Å². The maximum atomic E-state index is 12.1. The third kappa shape index (κ3) is 4.69. The smallest absolute Gasteiger partial charge is 0.433 e. The zero-order valence-electron chi connectivity index (χ0n) is 17.8. The summed E-state index contributed by atoms with van der Waals surface area (Å²) in [5.41, 5.74) is 3.31. The van der Waals surface area contributed by atoms with Gasteiger partial charge in [-0.25, -0.2) is 4.98 Å². The number of imidazole rings is 1. The Morgan fingerprint density at radius 1 is 1.12 bits per heavy atom. The Morgan fingerprint density at radius 3 is 2.58 bits per heavy atom. The van der Waals surface area contributed by atoms with Crippen molar-refractivity contribution >= 4 is 11.8 Å². The molecule has 0 spiro atoms. The van der Waals surface area contributed by atoms with Gasteiger partial charge < -0.3 is 24.2 Å². The number of H-pyrrole nitrogens is 1. The van der Waals surface area contributed by atoms with E-state index >= 15 is 0 Å². The van der Waals surface area contributed by atoms with Gasteiger partial charge in [-0.05, 0) is 29.8 Å². The van der Waals surface area contributed by atoms with Gasteiger partial charge in [-0.3, -0.25) is 14.9 Å². The van der Waals surface area contributed by atoms with Gasteiger partial charge >= 0.3 is 5.88 Å². The van der Waals surface area contributed by atoms with Crippen LogP contribution < -0.4 is 14.8 Å². The summed E-state index contributed by atoms with van der Waals surface area (Å²) < 4.78 is 15.6. The van der Waals surface area contributed by atoms with Crippen molar-refractivity contribution in [3.63, 3.8) is 0 Å². The van der Waals surface area contributed by atoms with E-state index in [0.29, 0.717) is 17.3 Å². The summed E-state index contributed by atoms with van der Waals surface area (Å²) >= 11 is 0. The Morgan fingerprint density at radius 2 is 1.91 bits per heavy atom. The molecule has 1 amide bonds. The fraction of sp³-hybridized carbons (Fsp3) is 0.130. The molecular weight excluding hydrogens is 428 g/mol. The predicted molar refractivity (Wildman–Crippen MR) is 119 cm³/mol. The van der Waals surface area contributed by atoms with Gasteiger partial charge in [-0.15, -0.1) is 0 Å². The maximum Gasteiger partial charge on any atom is 0.433 e. The van der Waals surface area contributed by atoms with Crippen molar-refractivity contribution in [3.05, 3.63) is 82.2 Å². The van der Waals surface area contributed by atoms with Crippen LogP contribution in [-0.4, -0.2) is 35.0 Å². The molecule has 0 radical (unpaired) electrons. The largest absolute Gasteiger partial charge is 0.497 e. The van der Waals surface area contributed by atoms with E-state index in [0.717, 1.165) is 28.5 Å². The summed E-state index contributed by atoms with van der Waals surface area (Å²) in [5, 5.41) is 13.3.